The van der Waals surface area contributed by atoms with E-state index in [0.717, 1.165) is 11.8 Å². The molecule has 0 saturated carbocycles. The van der Waals surface area contributed by atoms with Crippen LogP contribution in [0.25, 0.3) is 11.0 Å². The molecule has 122 valence electrons. The van der Waals surface area contributed by atoms with Gasteiger partial charge in [-0.25, -0.2) is 0 Å². The highest BCUT2D eigenvalue weighted by atomic mass is 16.5. The van der Waals surface area contributed by atoms with Crippen LogP contribution in [0.15, 0.2) is 47.0 Å². The number of hydrogen-bond donors (Lipinski definition) is 1. The molecule has 0 bridgehead atoms. The summed E-state index contributed by atoms with van der Waals surface area (Å²) in [5.41, 5.74) is 1.96. The first-order valence-corrected chi connectivity index (χ1v) is 7.82. The topological polar surface area (TPSA) is 73.6 Å². The Balaban J connectivity index is 1.49. The van der Waals surface area contributed by atoms with Gasteiger partial charge in [0.05, 0.1) is 19.6 Å². The van der Waals surface area contributed by atoms with Crippen molar-refractivity contribution in [3.8, 4) is 11.5 Å². The van der Waals surface area contributed by atoms with E-state index in [0.29, 0.717) is 41.7 Å². The van der Waals surface area contributed by atoms with Gasteiger partial charge in [0.25, 0.3) is 0 Å². The number of nitrogens with one attached hydrogen (secondary N) is 1. The SMILES string of the molecule is O=C(Cc1noc2ccccc12)Nc1ccc2c(c1)OCCCO2. The number of benzene rings is 2. The van der Waals surface area contributed by atoms with Crippen LogP contribution in [0.5, 0.6) is 11.5 Å². The summed E-state index contributed by atoms with van der Waals surface area (Å²) in [6, 6.07) is 12.9. The molecule has 0 atom stereocenters. The van der Waals surface area contributed by atoms with Crippen molar-refractivity contribution >= 4 is 22.6 Å². The lowest BCUT2D eigenvalue weighted by molar-refractivity contribution is -0.115. The van der Waals surface area contributed by atoms with Crippen molar-refractivity contribution in [2.45, 2.75) is 12.8 Å². The predicted molar refractivity (Wildman–Crippen MR) is 88.4 cm³/mol. The number of carbonyl (C=O) groups is 1. The summed E-state index contributed by atoms with van der Waals surface area (Å²) < 4.78 is 16.4. The summed E-state index contributed by atoms with van der Waals surface area (Å²) in [5, 5.41) is 7.69. The Labute approximate surface area is 138 Å². The molecule has 24 heavy (non-hydrogen) atoms. The van der Waals surface area contributed by atoms with Crippen LogP contribution < -0.4 is 14.8 Å². The monoisotopic (exact) mass is 324 g/mol. The number of nitrogens with zero attached hydrogens (tertiary/aromatic N) is 1. The molecule has 0 saturated heterocycles. The van der Waals surface area contributed by atoms with Crippen molar-refractivity contribution in [3.63, 3.8) is 0 Å². The molecule has 2 heterocycles. The van der Waals surface area contributed by atoms with E-state index in [9.17, 15) is 4.79 Å². The number of fused-ring (bicyclic) bond motifs is 2. The second-order valence-electron chi connectivity index (χ2n) is 5.56. The lowest BCUT2D eigenvalue weighted by Crippen LogP contribution is -2.14. The first-order chi connectivity index (χ1) is 11.8. The van der Waals surface area contributed by atoms with Gasteiger partial charge in [0, 0.05) is 23.6 Å². The maximum Gasteiger partial charge on any atom is 0.230 e. The minimum absolute atomic E-state index is 0.144. The van der Waals surface area contributed by atoms with E-state index in [1.165, 1.54) is 0 Å². The average Bonchev–Trinajstić information content (AvgIpc) is 2.84. The molecule has 4 rings (SSSR count). The molecule has 2 aromatic carbocycles. The fraction of sp³-hybridized carbons (Fsp3) is 0.222. The summed E-state index contributed by atoms with van der Waals surface area (Å²) in [6.45, 7) is 1.24. The zero-order valence-electron chi connectivity index (χ0n) is 13.0. The van der Waals surface area contributed by atoms with Gasteiger partial charge in [-0.1, -0.05) is 17.3 Å². The van der Waals surface area contributed by atoms with Gasteiger partial charge >= 0.3 is 0 Å². The Morgan fingerprint density at radius 2 is 1.92 bits per heavy atom. The number of hydrogen-bond acceptors (Lipinski definition) is 5. The van der Waals surface area contributed by atoms with E-state index in [2.05, 4.69) is 10.5 Å². The van der Waals surface area contributed by atoms with Crippen LogP contribution in [0.1, 0.15) is 12.1 Å². The smallest absolute Gasteiger partial charge is 0.230 e. The molecule has 0 spiro atoms. The molecule has 0 fully saturated rings. The van der Waals surface area contributed by atoms with Gasteiger partial charge in [-0.15, -0.1) is 0 Å². The third kappa shape index (κ3) is 2.90. The van der Waals surface area contributed by atoms with Crippen molar-refractivity contribution in [2.24, 2.45) is 0 Å². The third-order valence-electron chi connectivity index (χ3n) is 3.81. The first kappa shape index (κ1) is 14.6. The highest BCUT2D eigenvalue weighted by Gasteiger charge is 2.14. The van der Waals surface area contributed by atoms with Gasteiger partial charge < -0.3 is 19.3 Å². The van der Waals surface area contributed by atoms with Gasteiger partial charge in [-0.2, -0.15) is 0 Å². The van der Waals surface area contributed by atoms with Gasteiger partial charge in [0.1, 0.15) is 5.69 Å². The van der Waals surface area contributed by atoms with Gasteiger partial charge in [-0.3, -0.25) is 4.79 Å². The maximum atomic E-state index is 12.3. The Hall–Kier alpha value is -3.02. The number of rotatable bonds is 3. The van der Waals surface area contributed by atoms with Crippen molar-refractivity contribution < 1.29 is 18.8 Å². The lowest BCUT2D eigenvalue weighted by Gasteiger charge is -2.10. The maximum absolute atomic E-state index is 12.3. The summed E-state index contributed by atoms with van der Waals surface area (Å²) in [6.07, 6.45) is 0.987. The number of ether oxygens (including phenoxy) is 2. The van der Waals surface area contributed by atoms with E-state index in [1.54, 1.807) is 12.1 Å². The third-order valence-corrected chi connectivity index (χ3v) is 3.81. The number of para-hydroxylation sites is 1. The Bertz CT molecular complexity index is 888. The quantitative estimate of drug-likeness (QED) is 0.801. The molecule has 0 radical (unpaired) electrons. The van der Waals surface area contributed by atoms with Crippen molar-refractivity contribution in [1.29, 1.82) is 0 Å². The van der Waals surface area contributed by atoms with E-state index in [4.69, 9.17) is 14.0 Å². The van der Waals surface area contributed by atoms with E-state index < -0.39 is 0 Å². The molecule has 1 amide bonds. The highest BCUT2D eigenvalue weighted by Crippen LogP contribution is 2.32. The van der Waals surface area contributed by atoms with Crippen LogP contribution in [0.4, 0.5) is 5.69 Å². The van der Waals surface area contributed by atoms with Crippen molar-refractivity contribution in [1.82, 2.24) is 5.16 Å². The molecule has 3 aromatic rings. The van der Waals surface area contributed by atoms with E-state index >= 15 is 0 Å². The number of anilines is 1. The molecule has 0 aliphatic carbocycles. The summed E-state index contributed by atoms with van der Waals surface area (Å²) in [5.74, 6) is 1.19. The van der Waals surface area contributed by atoms with E-state index in [-0.39, 0.29) is 12.3 Å². The summed E-state index contributed by atoms with van der Waals surface area (Å²) >= 11 is 0. The zero-order chi connectivity index (χ0) is 16.4. The van der Waals surface area contributed by atoms with Crippen LogP contribution in [-0.4, -0.2) is 24.3 Å². The van der Waals surface area contributed by atoms with E-state index in [1.807, 2.05) is 30.3 Å². The number of aromatic nitrogens is 1. The Morgan fingerprint density at radius 3 is 2.83 bits per heavy atom. The number of amides is 1. The van der Waals surface area contributed by atoms with Crippen molar-refractivity contribution in [2.75, 3.05) is 18.5 Å². The van der Waals surface area contributed by atoms with Gasteiger partial charge in [-0.05, 0) is 24.3 Å². The molecule has 1 aliphatic heterocycles. The molecule has 0 unspecified atom stereocenters. The van der Waals surface area contributed by atoms with Crippen LogP contribution in [0, 0.1) is 0 Å². The van der Waals surface area contributed by atoms with Crippen molar-refractivity contribution in [3.05, 3.63) is 48.2 Å². The standard InChI is InChI=1S/C18H16N2O4/c21-18(11-14-13-4-1-2-5-15(13)24-20-14)19-12-6-7-16-17(10-12)23-9-3-8-22-16/h1-2,4-7,10H,3,8-9,11H2,(H,19,21). The van der Waals surface area contributed by atoms with Crippen LogP contribution in [0.3, 0.4) is 0 Å². The van der Waals surface area contributed by atoms with Crippen LogP contribution in [-0.2, 0) is 11.2 Å². The molecular weight excluding hydrogens is 308 g/mol. The molecule has 1 aromatic heterocycles. The second-order valence-corrected chi connectivity index (χ2v) is 5.56. The average molecular weight is 324 g/mol. The molecule has 1 aliphatic rings. The molecule has 6 heteroatoms. The van der Waals surface area contributed by atoms with Crippen LogP contribution in [0.2, 0.25) is 0 Å². The molecule has 6 nitrogen and oxygen atoms in total. The largest absolute Gasteiger partial charge is 0.490 e. The number of carbonyl (C=O) groups excluding carboxylic acids is 1. The normalized spacial score (nSPS) is 13.5. The highest BCUT2D eigenvalue weighted by molar-refractivity contribution is 5.94. The first-order valence-electron chi connectivity index (χ1n) is 7.82. The van der Waals surface area contributed by atoms with Gasteiger partial charge in [0.15, 0.2) is 17.1 Å². The Kier molecular flexibility index (Phi) is 3.78. The molecular formula is C18H16N2O4. The molecule has 1 N–H and O–H groups in total. The fourth-order valence-electron chi connectivity index (χ4n) is 2.66. The second kappa shape index (κ2) is 6.23. The minimum atomic E-state index is -0.163. The fourth-order valence-corrected chi connectivity index (χ4v) is 2.66. The minimum Gasteiger partial charge on any atom is -0.490 e. The predicted octanol–water partition coefficient (Wildman–Crippen LogP) is 3.17. The van der Waals surface area contributed by atoms with Crippen LogP contribution >= 0.6 is 0 Å². The lowest BCUT2D eigenvalue weighted by atomic mass is 10.1. The Morgan fingerprint density at radius 1 is 1.08 bits per heavy atom. The zero-order valence-corrected chi connectivity index (χ0v) is 13.0. The summed E-state index contributed by atoms with van der Waals surface area (Å²) in [4.78, 5) is 12.3. The van der Waals surface area contributed by atoms with Gasteiger partial charge in [0.2, 0.25) is 5.91 Å². The summed E-state index contributed by atoms with van der Waals surface area (Å²) in [7, 11) is 0.